The lowest BCUT2D eigenvalue weighted by molar-refractivity contribution is -0.661. The van der Waals surface area contributed by atoms with Gasteiger partial charge in [0.2, 0.25) is 22.8 Å². The van der Waals surface area contributed by atoms with Crippen LogP contribution in [-0.4, -0.2) is 0 Å². The van der Waals surface area contributed by atoms with Crippen LogP contribution in [0.3, 0.4) is 0 Å². The first-order valence-electron chi connectivity index (χ1n) is 37.8. The molecule has 8 nitrogen and oxygen atoms in total. The van der Waals surface area contributed by atoms with Gasteiger partial charge in [-0.15, -0.1) is 0 Å². The third-order valence-corrected chi connectivity index (χ3v) is 22.6. The van der Waals surface area contributed by atoms with Crippen LogP contribution in [0.15, 0.2) is 273 Å². The van der Waals surface area contributed by atoms with Crippen LogP contribution in [0.1, 0.15) is 76.4 Å². The summed E-state index contributed by atoms with van der Waals surface area (Å²) in [6, 6.07) is 81.9. The van der Waals surface area contributed by atoms with Crippen molar-refractivity contribution in [1.82, 2.24) is 0 Å². The summed E-state index contributed by atoms with van der Waals surface area (Å²) >= 11 is 0. The maximum atomic E-state index is 6.48. The molecule has 0 amide bonds. The third-order valence-electron chi connectivity index (χ3n) is 22.6. The summed E-state index contributed by atoms with van der Waals surface area (Å²) in [6.45, 7) is 26.2. The van der Waals surface area contributed by atoms with E-state index < -0.39 is 0 Å². The van der Waals surface area contributed by atoms with Crippen molar-refractivity contribution in [3.63, 3.8) is 0 Å². The Morgan fingerprint density at radius 2 is 0.624 bits per heavy atom. The molecular weight excluding hydrogens is 1330 g/mol. The van der Waals surface area contributed by atoms with Crippen molar-refractivity contribution in [2.24, 2.45) is 28.2 Å². The highest BCUT2D eigenvalue weighted by Crippen LogP contribution is 2.46. The van der Waals surface area contributed by atoms with E-state index in [0.29, 0.717) is 0 Å². The Kier molecular flexibility index (Phi) is 17.3. The van der Waals surface area contributed by atoms with Crippen LogP contribution in [-0.2, 0) is 33.6 Å². The van der Waals surface area contributed by atoms with Crippen LogP contribution in [0.4, 0.5) is 0 Å². The molecule has 8 heteroatoms. The van der Waals surface area contributed by atoms with Gasteiger partial charge in [0.25, 0.3) is 0 Å². The number of rotatable bonds is 4. The summed E-state index contributed by atoms with van der Waals surface area (Å²) in [6.07, 6.45) is 8.68. The van der Waals surface area contributed by atoms with Gasteiger partial charge in [-0.2, -0.15) is 0 Å². The van der Waals surface area contributed by atoms with Crippen molar-refractivity contribution in [2.45, 2.75) is 88.5 Å². The molecule has 20 aromatic rings. The molecule has 0 spiro atoms. The minimum absolute atomic E-state index is 0.121. The van der Waals surface area contributed by atoms with Crippen molar-refractivity contribution in [2.75, 3.05) is 0 Å². The summed E-state index contributed by atoms with van der Waals surface area (Å²) in [5.41, 5.74) is 29.8. The first-order valence-corrected chi connectivity index (χ1v) is 37.8. The number of aryl methyl sites for hydroxylation is 13. The average Bonchev–Trinajstić information content (AvgIpc) is 1.57. The molecule has 0 fully saturated rings. The van der Waals surface area contributed by atoms with Gasteiger partial charge >= 0.3 is 0 Å². The van der Waals surface area contributed by atoms with Gasteiger partial charge in [0.1, 0.15) is 72.9 Å². The number of aromatic nitrogens is 4. The van der Waals surface area contributed by atoms with Gasteiger partial charge in [-0.1, -0.05) is 178 Å². The molecule has 0 aliphatic heterocycles. The fourth-order valence-corrected chi connectivity index (χ4v) is 17.1. The number of pyridine rings is 4. The van der Waals surface area contributed by atoms with Crippen LogP contribution in [0, 0.1) is 62.3 Å². The largest absolute Gasteiger partial charge is 0.455 e. The van der Waals surface area contributed by atoms with Crippen molar-refractivity contribution in [1.29, 1.82) is 0 Å². The molecule has 8 heterocycles. The highest BCUT2D eigenvalue weighted by atomic mass is 16.3. The first-order chi connectivity index (χ1) is 52.6. The normalized spacial score (nSPS) is 11.9. The highest BCUT2D eigenvalue weighted by molar-refractivity contribution is 6.25. The van der Waals surface area contributed by atoms with Crippen LogP contribution in [0.25, 0.3) is 176 Å². The summed E-state index contributed by atoms with van der Waals surface area (Å²) < 4.78 is 34.6. The number of nitrogens with zero attached hydrogens (tertiary/aromatic N) is 4. The Bertz CT molecular complexity index is 7130. The fourth-order valence-electron chi connectivity index (χ4n) is 17.1. The monoisotopic (exact) mass is 1420 g/mol. The first kappa shape index (κ1) is 69.5. The van der Waals surface area contributed by atoms with Crippen molar-refractivity contribution in [3.05, 3.63) is 311 Å². The molecule has 534 valence electrons. The van der Waals surface area contributed by atoms with Gasteiger partial charge in [-0.3, -0.25) is 0 Å². The molecule has 0 atom stereocenters. The lowest BCUT2D eigenvalue weighted by Crippen LogP contribution is -2.33. The second kappa shape index (κ2) is 27.1. The van der Waals surface area contributed by atoms with Crippen LogP contribution in [0.5, 0.6) is 0 Å². The molecule has 0 N–H and O–H groups in total. The molecule has 109 heavy (non-hydrogen) atoms. The minimum atomic E-state index is 0.121. The summed E-state index contributed by atoms with van der Waals surface area (Å²) in [7, 11) is 8.42. The number of hydrogen-bond donors (Lipinski definition) is 0. The van der Waals surface area contributed by atoms with Crippen LogP contribution in [0.2, 0.25) is 0 Å². The van der Waals surface area contributed by atoms with Gasteiger partial charge in [-0.05, 0) is 192 Å². The van der Waals surface area contributed by atoms with E-state index >= 15 is 0 Å². The molecule has 0 bridgehead atoms. The third kappa shape index (κ3) is 11.9. The average molecular weight is 1420 g/mol. The van der Waals surface area contributed by atoms with Crippen molar-refractivity contribution >= 4 is 131 Å². The van der Waals surface area contributed by atoms with Crippen molar-refractivity contribution in [3.8, 4) is 45.0 Å². The second-order valence-electron chi connectivity index (χ2n) is 31.2. The van der Waals surface area contributed by atoms with Gasteiger partial charge in [0.15, 0.2) is 24.8 Å². The van der Waals surface area contributed by atoms with Gasteiger partial charge in [0.05, 0.1) is 22.3 Å². The summed E-state index contributed by atoms with van der Waals surface area (Å²) in [5, 5.41) is 19.6. The zero-order chi connectivity index (χ0) is 75.6. The number of fused-ring (bicyclic) bond motifs is 20. The molecule has 0 aliphatic carbocycles. The number of hydrogen-bond acceptors (Lipinski definition) is 4. The smallest absolute Gasteiger partial charge is 0.216 e. The molecular formula is C101H90N4O4+4. The lowest BCUT2D eigenvalue weighted by atomic mass is 9.87. The predicted molar refractivity (Wildman–Crippen MR) is 453 cm³/mol. The maximum Gasteiger partial charge on any atom is 0.216 e. The van der Waals surface area contributed by atoms with E-state index in [4.69, 9.17) is 17.7 Å². The Morgan fingerprint density at radius 1 is 0.248 bits per heavy atom. The molecule has 0 aliphatic rings. The summed E-state index contributed by atoms with van der Waals surface area (Å²) in [5.74, 6) is 0. The van der Waals surface area contributed by atoms with E-state index in [-0.39, 0.29) is 5.41 Å². The summed E-state index contributed by atoms with van der Waals surface area (Å²) in [4.78, 5) is 0. The molecule has 12 aromatic carbocycles. The minimum Gasteiger partial charge on any atom is -0.455 e. The molecule has 0 saturated heterocycles. The fraction of sp³-hybridized carbons (Fsp3) is 0.168. The maximum absolute atomic E-state index is 6.48. The van der Waals surface area contributed by atoms with E-state index in [2.05, 4.69) is 385 Å². The molecule has 20 rings (SSSR count). The topological polar surface area (TPSA) is 68.1 Å². The van der Waals surface area contributed by atoms with E-state index in [1.165, 1.54) is 187 Å². The van der Waals surface area contributed by atoms with Crippen LogP contribution >= 0.6 is 0 Å². The van der Waals surface area contributed by atoms with Crippen molar-refractivity contribution < 1.29 is 35.9 Å². The second-order valence-corrected chi connectivity index (χ2v) is 31.2. The highest BCUT2D eigenvalue weighted by Gasteiger charge is 2.29. The Morgan fingerprint density at radius 3 is 1.06 bits per heavy atom. The van der Waals surface area contributed by atoms with E-state index in [1.807, 2.05) is 0 Å². The van der Waals surface area contributed by atoms with Gasteiger partial charge in [0, 0.05) is 90.1 Å². The number of furan rings is 4. The van der Waals surface area contributed by atoms with Gasteiger partial charge < -0.3 is 17.7 Å². The SMILES string of the molecule is Cc1cc(-c2c(C)ccc3c2oc2ccc4ccccc4c23)[n+](C)cc1C.Cc1cc(C)c2c(oc3ccc4ccccc4c32)c1-c1cccc[n+]1C.Cc1ccc(-c2c(C)cc(C)c3c2oc2ccc4ccccc4c23)[n+](C)c1.Cc1ccc2c(oc3ccc4ccccc4c32)c1-c1ccc(C(C)(C)C)c[n+]1C. The van der Waals surface area contributed by atoms with Gasteiger partial charge in [-0.25, -0.2) is 18.3 Å². The number of benzene rings is 12. The zero-order valence-corrected chi connectivity index (χ0v) is 65.2. The molecule has 0 unspecified atom stereocenters. The predicted octanol–water partition coefficient (Wildman–Crippen LogP) is 25.0. The van der Waals surface area contributed by atoms with E-state index in [0.717, 1.165) is 44.7 Å². The van der Waals surface area contributed by atoms with E-state index in [9.17, 15) is 0 Å². The Labute approximate surface area is 635 Å². The molecule has 0 saturated carbocycles. The lowest BCUT2D eigenvalue weighted by Gasteiger charge is -2.17. The molecule has 8 aromatic heterocycles. The van der Waals surface area contributed by atoms with Crippen LogP contribution < -0.4 is 18.3 Å². The Balaban J connectivity index is 0.000000106. The molecule has 0 radical (unpaired) electrons. The Hall–Kier alpha value is -12.5. The zero-order valence-electron chi connectivity index (χ0n) is 65.2. The van der Waals surface area contributed by atoms with E-state index in [1.54, 1.807) is 0 Å². The quantitative estimate of drug-likeness (QED) is 0.165. The standard InChI is InChI=1S/C27H26NO.2C25H22NO.C24H20NO/c1-17-10-13-21-25-20-9-7-6-8-18(20)11-15-23(25)29-26(21)24(17)22-14-12-19(16-28(22)5)27(2,3)4;1-15-9-11-20-24-19-8-6-5-7-18(19)10-12-22(24)27-25(20)23(15)21-13-16(2)17(3)14-26(21)4;1-15-9-11-20(26(4)14-15)22-16(2)13-17(3)23-24-19-8-6-5-7-18(19)10-12-21(24)27-25(22)23;1-15-14-16(2)22-23-18-9-5-4-8-17(18)11-12-20(23)26-24(22)21(15)19-10-6-7-13-25(19)3/h6-16H,1-5H3;2*5-14H,1-4H3;4-14H,1-3H3/q4*+1.